The lowest BCUT2D eigenvalue weighted by Crippen LogP contribution is -2.12. The predicted octanol–water partition coefficient (Wildman–Crippen LogP) is 3.92. The summed E-state index contributed by atoms with van der Waals surface area (Å²) in [5.74, 6) is -3.26. The van der Waals surface area contributed by atoms with Gasteiger partial charge in [-0.2, -0.15) is 13.2 Å². The minimum Gasteiger partial charge on any atom is -0.287 e. The number of halogens is 5. The van der Waals surface area contributed by atoms with Gasteiger partial charge in [0.05, 0.1) is 11.1 Å². The van der Waals surface area contributed by atoms with E-state index in [2.05, 4.69) is 4.98 Å². The van der Waals surface area contributed by atoms with E-state index in [1.807, 2.05) is 0 Å². The molecule has 0 atom stereocenters. The van der Waals surface area contributed by atoms with Gasteiger partial charge in [-0.15, -0.1) is 0 Å². The van der Waals surface area contributed by atoms with E-state index in [0.717, 1.165) is 18.2 Å². The maximum Gasteiger partial charge on any atom is 0.417 e. The second-order valence-electron chi connectivity index (χ2n) is 4.31. The molecule has 0 fully saturated rings. The smallest absolute Gasteiger partial charge is 0.287 e. The van der Waals surface area contributed by atoms with Crippen molar-refractivity contribution in [2.24, 2.45) is 0 Å². The van der Waals surface area contributed by atoms with Crippen LogP contribution in [0.4, 0.5) is 22.0 Å². The Morgan fingerprint density at radius 2 is 1.76 bits per heavy atom. The summed E-state index contributed by atoms with van der Waals surface area (Å²) in [7, 11) is 0. The van der Waals surface area contributed by atoms with Gasteiger partial charge in [0.1, 0.15) is 17.3 Å². The van der Waals surface area contributed by atoms with Crippen LogP contribution in [0, 0.1) is 18.6 Å². The lowest BCUT2D eigenvalue weighted by Gasteiger charge is -2.08. The monoisotopic (exact) mass is 301 g/mol. The van der Waals surface area contributed by atoms with E-state index in [9.17, 15) is 26.7 Å². The molecule has 0 spiro atoms. The lowest BCUT2D eigenvalue weighted by atomic mass is 10.0. The van der Waals surface area contributed by atoms with Gasteiger partial charge in [-0.3, -0.25) is 9.78 Å². The molecule has 7 heteroatoms. The van der Waals surface area contributed by atoms with Crippen molar-refractivity contribution in [3.8, 4) is 0 Å². The molecule has 0 saturated heterocycles. The first-order valence-corrected chi connectivity index (χ1v) is 5.74. The van der Waals surface area contributed by atoms with Gasteiger partial charge in [-0.05, 0) is 30.7 Å². The van der Waals surface area contributed by atoms with E-state index in [-0.39, 0.29) is 5.56 Å². The van der Waals surface area contributed by atoms with Crippen LogP contribution in [0.1, 0.15) is 27.2 Å². The van der Waals surface area contributed by atoms with Gasteiger partial charge in [-0.1, -0.05) is 6.07 Å². The summed E-state index contributed by atoms with van der Waals surface area (Å²) in [5.41, 5.74) is -2.30. The van der Waals surface area contributed by atoms with Crippen molar-refractivity contribution in [3.63, 3.8) is 0 Å². The molecule has 1 aromatic carbocycles. The molecule has 2 nitrogen and oxygen atoms in total. The highest BCUT2D eigenvalue weighted by Gasteiger charge is 2.31. The third-order valence-corrected chi connectivity index (χ3v) is 2.83. The van der Waals surface area contributed by atoms with E-state index in [1.54, 1.807) is 0 Å². The molecule has 1 heterocycles. The molecule has 0 bridgehead atoms. The van der Waals surface area contributed by atoms with E-state index in [0.29, 0.717) is 12.3 Å². The molecule has 0 saturated carbocycles. The SMILES string of the molecule is Cc1ccc(F)c(C(=O)c2ccc(C(F)(F)F)cn2)c1F. The largest absolute Gasteiger partial charge is 0.417 e. The van der Waals surface area contributed by atoms with Crippen molar-refractivity contribution >= 4 is 5.78 Å². The van der Waals surface area contributed by atoms with Crippen LogP contribution >= 0.6 is 0 Å². The summed E-state index contributed by atoms with van der Waals surface area (Å²) in [6.45, 7) is 1.34. The van der Waals surface area contributed by atoms with Crippen LogP contribution in [0.3, 0.4) is 0 Å². The first-order chi connectivity index (χ1) is 9.71. The maximum atomic E-state index is 13.8. The van der Waals surface area contributed by atoms with Crippen molar-refractivity contribution in [1.29, 1.82) is 0 Å². The van der Waals surface area contributed by atoms with E-state index in [1.165, 1.54) is 6.92 Å². The van der Waals surface area contributed by atoms with Crippen LogP contribution in [-0.2, 0) is 6.18 Å². The Kier molecular flexibility index (Phi) is 3.76. The Balaban J connectivity index is 2.44. The van der Waals surface area contributed by atoms with Crippen LogP contribution in [0.5, 0.6) is 0 Å². The zero-order chi connectivity index (χ0) is 15.8. The number of benzene rings is 1. The number of ketones is 1. The molecule has 2 rings (SSSR count). The Morgan fingerprint density at radius 3 is 2.29 bits per heavy atom. The van der Waals surface area contributed by atoms with Crippen LogP contribution in [-0.4, -0.2) is 10.8 Å². The number of hydrogen-bond acceptors (Lipinski definition) is 2. The van der Waals surface area contributed by atoms with Gasteiger partial charge in [-0.25, -0.2) is 8.78 Å². The van der Waals surface area contributed by atoms with Gasteiger partial charge < -0.3 is 0 Å². The molecule has 0 N–H and O–H groups in total. The summed E-state index contributed by atoms with van der Waals surface area (Å²) >= 11 is 0. The van der Waals surface area contributed by atoms with Gasteiger partial charge in [0, 0.05) is 6.20 Å². The standard InChI is InChI=1S/C14H8F5NO/c1-7-2-4-9(15)11(12(7)16)13(21)10-5-3-8(6-20-10)14(17,18)19/h2-6H,1H3. The van der Waals surface area contributed by atoms with Crippen LogP contribution in [0.25, 0.3) is 0 Å². The molecular weight excluding hydrogens is 293 g/mol. The Bertz CT molecular complexity index is 692. The second-order valence-corrected chi connectivity index (χ2v) is 4.31. The minimum absolute atomic E-state index is 0.0478. The highest BCUT2D eigenvalue weighted by atomic mass is 19.4. The predicted molar refractivity (Wildman–Crippen MR) is 63.8 cm³/mol. The first-order valence-electron chi connectivity index (χ1n) is 5.74. The fourth-order valence-electron chi connectivity index (χ4n) is 1.69. The molecule has 21 heavy (non-hydrogen) atoms. The number of nitrogens with zero attached hydrogens (tertiary/aromatic N) is 1. The number of aromatic nitrogens is 1. The zero-order valence-corrected chi connectivity index (χ0v) is 10.6. The van der Waals surface area contributed by atoms with Crippen LogP contribution in [0.2, 0.25) is 0 Å². The maximum absolute atomic E-state index is 13.8. The highest BCUT2D eigenvalue weighted by Crippen LogP contribution is 2.28. The average molecular weight is 301 g/mol. The number of rotatable bonds is 2. The van der Waals surface area contributed by atoms with Crippen molar-refractivity contribution in [1.82, 2.24) is 4.98 Å². The Morgan fingerprint density at radius 1 is 1.10 bits per heavy atom. The van der Waals surface area contributed by atoms with Crippen molar-refractivity contribution in [2.45, 2.75) is 13.1 Å². The van der Waals surface area contributed by atoms with Gasteiger partial charge >= 0.3 is 6.18 Å². The topological polar surface area (TPSA) is 30.0 Å². The van der Waals surface area contributed by atoms with Crippen LogP contribution in [0.15, 0.2) is 30.5 Å². The fourth-order valence-corrected chi connectivity index (χ4v) is 1.69. The quantitative estimate of drug-likeness (QED) is 0.621. The third kappa shape index (κ3) is 2.91. The number of pyridine rings is 1. The summed E-state index contributed by atoms with van der Waals surface area (Å²) in [4.78, 5) is 15.3. The van der Waals surface area contributed by atoms with Crippen molar-refractivity contribution in [3.05, 3.63) is 64.5 Å². The fraction of sp³-hybridized carbons (Fsp3) is 0.143. The molecule has 0 radical (unpaired) electrons. The number of alkyl halides is 3. The van der Waals surface area contributed by atoms with Gasteiger partial charge in [0.25, 0.3) is 0 Å². The summed E-state index contributed by atoms with van der Waals surface area (Å²) in [5, 5.41) is 0. The van der Waals surface area contributed by atoms with Gasteiger partial charge in [0.2, 0.25) is 5.78 Å². The number of hydrogen-bond donors (Lipinski definition) is 0. The summed E-state index contributed by atoms with van der Waals surface area (Å²) < 4.78 is 64.5. The molecule has 1 aromatic heterocycles. The Labute approximate surface area is 116 Å². The molecule has 0 aliphatic heterocycles. The van der Waals surface area contributed by atoms with Crippen molar-refractivity contribution in [2.75, 3.05) is 0 Å². The van der Waals surface area contributed by atoms with E-state index in [4.69, 9.17) is 0 Å². The van der Waals surface area contributed by atoms with E-state index < -0.39 is 40.4 Å². The summed E-state index contributed by atoms with van der Waals surface area (Å²) in [6.07, 6.45) is -4.16. The van der Waals surface area contributed by atoms with Crippen LogP contribution < -0.4 is 0 Å². The number of carbonyl (C=O) groups excluding carboxylic acids is 1. The number of carbonyl (C=O) groups is 1. The molecule has 0 aliphatic rings. The second kappa shape index (κ2) is 5.23. The molecular formula is C14H8F5NO. The van der Waals surface area contributed by atoms with Gasteiger partial charge in [0.15, 0.2) is 0 Å². The average Bonchev–Trinajstić information content (AvgIpc) is 2.42. The Hall–Kier alpha value is -2.31. The molecule has 0 unspecified atom stereocenters. The van der Waals surface area contributed by atoms with Crippen molar-refractivity contribution < 1.29 is 26.7 Å². The third-order valence-electron chi connectivity index (χ3n) is 2.83. The molecule has 0 amide bonds. The normalized spacial score (nSPS) is 11.5. The zero-order valence-electron chi connectivity index (χ0n) is 10.6. The molecule has 110 valence electrons. The molecule has 2 aromatic rings. The minimum atomic E-state index is -4.60. The molecule has 0 aliphatic carbocycles. The highest BCUT2D eigenvalue weighted by molar-refractivity contribution is 6.08. The summed E-state index contributed by atoms with van der Waals surface area (Å²) in [6, 6.07) is 3.48. The van der Waals surface area contributed by atoms with E-state index >= 15 is 0 Å². The number of aryl methyl sites for hydroxylation is 1. The first kappa shape index (κ1) is 15.1. The lowest BCUT2D eigenvalue weighted by molar-refractivity contribution is -0.137.